The molecule has 2 aromatic rings. The van der Waals surface area contributed by atoms with Crippen molar-refractivity contribution in [1.82, 2.24) is 10.2 Å². The highest BCUT2D eigenvalue weighted by atomic mass is 127. The fourth-order valence-electron chi connectivity index (χ4n) is 4.53. The van der Waals surface area contributed by atoms with Gasteiger partial charge in [0.05, 0.1) is 36.1 Å². The van der Waals surface area contributed by atoms with Crippen molar-refractivity contribution in [3.63, 3.8) is 0 Å². The van der Waals surface area contributed by atoms with Gasteiger partial charge in [0.15, 0.2) is 11.6 Å². The van der Waals surface area contributed by atoms with E-state index in [-0.39, 0.29) is 42.5 Å². The van der Waals surface area contributed by atoms with E-state index in [4.69, 9.17) is 0 Å². The monoisotopic (exact) mass is 589 g/mol. The highest BCUT2D eigenvalue weighted by Gasteiger charge is 2.48. The van der Waals surface area contributed by atoms with Gasteiger partial charge in [0.25, 0.3) is 5.91 Å². The Morgan fingerprint density at radius 1 is 1.12 bits per heavy atom. The third kappa shape index (κ3) is 5.19. The maximum atomic E-state index is 14.7. The van der Waals surface area contributed by atoms with Crippen LogP contribution in [-0.2, 0) is 0 Å². The van der Waals surface area contributed by atoms with Crippen LogP contribution in [0.1, 0.15) is 43.0 Å². The van der Waals surface area contributed by atoms with Gasteiger partial charge in [0.2, 0.25) is 0 Å². The van der Waals surface area contributed by atoms with Crippen molar-refractivity contribution < 1.29 is 28.2 Å². The van der Waals surface area contributed by atoms with Crippen LogP contribution in [0.15, 0.2) is 30.3 Å². The Bertz CT molecular complexity index is 1070. The van der Waals surface area contributed by atoms with Crippen LogP contribution in [0, 0.1) is 21.0 Å². The van der Waals surface area contributed by atoms with Crippen molar-refractivity contribution >= 4 is 39.9 Å². The summed E-state index contributed by atoms with van der Waals surface area (Å²) < 4.78 is 43.6. The minimum atomic E-state index is -1.28. The summed E-state index contributed by atoms with van der Waals surface area (Å²) in [4.78, 5) is 14.5. The average molecular weight is 589 g/mol. The Balaban J connectivity index is 1.47. The maximum Gasteiger partial charge on any atom is 0.256 e. The number of benzene rings is 2. The molecule has 10 heteroatoms. The molecule has 1 atom stereocenters. The summed E-state index contributed by atoms with van der Waals surface area (Å²) in [6, 6.07) is 6.10. The number of hydrogen-bond donors (Lipinski definition) is 4. The number of nitrogens with zero attached hydrogens (tertiary/aromatic N) is 1. The van der Waals surface area contributed by atoms with Crippen molar-refractivity contribution in [3.8, 4) is 0 Å². The molecule has 2 fully saturated rings. The average Bonchev–Trinajstić information content (AvgIpc) is 2.77. The van der Waals surface area contributed by atoms with E-state index in [0.717, 1.165) is 25.0 Å². The lowest BCUT2D eigenvalue weighted by atomic mass is 9.84. The van der Waals surface area contributed by atoms with Crippen LogP contribution >= 0.6 is 22.6 Å². The second-order valence-corrected chi connectivity index (χ2v) is 10.4. The highest BCUT2D eigenvalue weighted by molar-refractivity contribution is 14.1. The highest BCUT2D eigenvalue weighted by Crippen LogP contribution is 2.33. The standard InChI is InChI=1S/C24H27F3IN3O3/c1-13(29-15-3-5-16(32)6-4-15)24(34)11-31(12-24)23(33)17-7-8-18(25)21(27)22(17)30-20-9-2-14(28)10-19(20)26/h2,7-10,13,15-16,29-30,32,34H,3-6,11-12H2,1H3/t13-,15?,16?/m0/s1. The number of aliphatic hydroxyl groups excluding tert-OH is 1. The predicted molar refractivity (Wildman–Crippen MR) is 130 cm³/mol. The summed E-state index contributed by atoms with van der Waals surface area (Å²) in [5.74, 6) is -3.71. The molecule has 1 aliphatic heterocycles. The van der Waals surface area contributed by atoms with E-state index in [1.165, 1.54) is 17.0 Å². The summed E-state index contributed by atoms with van der Waals surface area (Å²) in [5.41, 5.74) is -1.86. The largest absolute Gasteiger partial charge is 0.393 e. The van der Waals surface area contributed by atoms with Crippen LogP contribution in [0.4, 0.5) is 24.5 Å². The number of carbonyl (C=O) groups excluding carboxylic acids is 1. The van der Waals surface area contributed by atoms with E-state index in [9.17, 15) is 28.2 Å². The lowest BCUT2D eigenvalue weighted by molar-refractivity contribution is -0.103. The molecule has 2 aliphatic rings. The Labute approximate surface area is 209 Å². The van der Waals surface area contributed by atoms with Gasteiger partial charge in [-0.15, -0.1) is 0 Å². The molecule has 0 radical (unpaired) electrons. The van der Waals surface area contributed by atoms with E-state index < -0.39 is 34.6 Å². The number of likely N-dealkylation sites (tertiary alicyclic amines) is 1. The Kier molecular flexibility index (Phi) is 7.41. The molecule has 1 aliphatic carbocycles. The molecule has 0 spiro atoms. The number of nitrogens with one attached hydrogen (secondary N) is 2. The SMILES string of the molecule is C[C@H](NC1CCC(O)CC1)C1(O)CN(C(=O)c2ccc(F)c(F)c2Nc2ccc(I)cc2F)C1. The zero-order chi connectivity index (χ0) is 24.6. The molecular weight excluding hydrogens is 562 g/mol. The number of aliphatic hydroxyl groups is 2. The molecule has 4 rings (SSSR count). The number of rotatable bonds is 6. The van der Waals surface area contributed by atoms with Crippen molar-refractivity contribution in [2.45, 2.75) is 56.4 Å². The molecular formula is C24H27F3IN3O3. The first-order chi connectivity index (χ1) is 16.1. The third-order valence-electron chi connectivity index (χ3n) is 6.72. The van der Waals surface area contributed by atoms with Crippen molar-refractivity contribution in [2.75, 3.05) is 18.4 Å². The van der Waals surface area contributed by atoms with E-state index in [1.54, 1.807) is 6.07 Å². The first kappa shape index (κ1) is 25.2. The number of anilines is 2. The lowest BCUT2D eigenvalue weighted by Gasteiger charge is -2.50. The molecule has 1 amide bonds. The fraction of sp³-hybridized carbons (Fsp3) is 0.458. The van der Waals surface area contributed by atoms with Gasteiger partial charge in [0.1, 0.15) is 11.4 Å². The van der Waals surface area contributed by atoms with Gasteiger partial charge in [-0.2, -0.15) is 0 Å². The van der Waals surface area contributed by atoms with Gasteiger partial charge in [-0.3, -0.25) is 4.79 Å². The molecule has 1 saturated carbocycles. The molecule has 6 nitrogen and oxygen atoms in total. The first-order valence-corrected chi connectivity index (χ1v) is 12.3. The number of hydrogen-bond acceptors (Lipinski definition) is 5. The van der Waals surface area contributed by atoms with Crippen LogP contribution in [0.25, 0.3) is 0 Å². The normalized spacial score (nSPS) is 22.7. The van der Waals surface area contributed by atoms with E-state index in [1.807, 2.05) is 29.5 Å². The molecule has 1 heterocycles. The summed E-state index contributed by atoms with van der Waals surface area (Å²) in [6.07, 6.45) is 2.76. The zero-order valence-corrected chi connectivity index (χ0v) is 20.8. The van der Waals surface area contributed by atoms with Crippen LogP contribution in [0.5, 0.6) is 0 Å². The number of halogens is 4. The van der Waals surface area contributed by atoms with Gasteiger partial charge in [0, 0.05) is 15.7 Å². The molecule has 0 bridgehead atoms. The van der Waals surface area contributed by atoms with Crippen LogP contribution in [-0.4, -0.2) is 57.9 Å². The van der Waals surface area contributed by atoms with Crippen molar-refractivity contribution in [1.29, 1.82) is 0 Å². The summed E-state index contributed by atoms with van der Waals surface area (Å²) in [7, 11) is 0. The molecule has 184 valence electrons. The molecule has 4 N–H and O–H groups in total. The van der Waals surface area contributed by atoms with Crippen LogP contribution < -0.4 is 10.6 Å². The summed E-state index contributed by atoms with van der Waals surface area (Å²) in [6.45, 7) is 1.88. The summed E-state index contributed by atoms with van der Waals surface area (Å²) >= 11 is 1.93. The Morgan fingerprint density at radius 3 is 2.44 bits per heavy atom. The second kappa shape index (κ2) is 10.00. The number of β-amino-alcohol motifs (C(OH)–C–C–N with tert-alkyl or cyclic N) is 1. The second-order valence-electron chi connectivity index (χ2n) is 9.19. The van der Waals surface area contributed by atoms with Gasteiger partial charge in [-0.25, -0.2) is 13.2 Å². The third-order valence-corrected chi connectivity index (χ3v) is 7.39. The van der Waals surface area contributed by atoms with Crippen molar-refractivity contribution in [3.05, 3.63) is 56.9 Å². The van der Waals surface area contributed by atoms with E-state index in [2.05, 4.69) is 10.6 Å². The van der Waals surface area contributed by atoms with E-state index in [0.29, 0.717) is 16.4 Å². The van der Waals surface area contributed by atoms with Crippen LogP contribution in [0.3, 0.4) is 0 Å². The lowest BCUT2D eigenvalue weighted by Crippen LogP contribution is -2.71. The topological polar surface area (TPSA) is 84.8 Å². The summed E-state index contributed by atoms with van der Waals surface area (Å²) in [5, 5.41) is 26.6. The zero-order valence-electron chi connectivity index (χ0n) is 18.6. The molecule has 34 heavy (non-hydrogen) atoms. The fourth-order valence-corrected chi connectivity index (χ4v) is 4.98. The molecule has 0 aromatic heterocycles. The van der Waals surface area contributed by atoms with Gasteiger partial charge in [-0.05, 0) is 85.5 Å². The smallest absolute Gasteiger partial charge is 0.256 e. The van der Waals surface area contributed by atoms with Gasteiger partial charge in [-0.1, -0.05) is 0 Å². The van der Waals surface area contributed by atoms with Gasteiger partial charge >= 0.3 is 0 Å². The minimum Gasteiger partial charge on any atom is -0.393 e. The minimum absolute atomic E-state index is 0.0195. The maximum absolute atomic E-state index is 14.7. The van der Waals surface area contributed by atoms with E-state index >= 15 is 0 Å². The molecule has 0 unspecified atom stereocenters. The quantitative estimate of drug-likeness (QED) is 0.384. The van der Waals surface area contributed by atoms with Gasteiger partial charge < -0.3 is 25.7 Å². The Hall–Kier alpha value is -1.89. The molecule has 2 aromatic carbocycles. The Morgan fingerprint density at radius 2 is 1.79 bits per heavy atom. The first-order valence-electron chi connectivity index (χ1n) is 11.2. The molecule has 1 saturated heterocycles. The predicted octanol–water partition coefficient (Wildman–Crippen LogP) is 3.92. The van der Waals surface area contributed by atoms with Crippen molar-refractivity contribution in [2.24, 2.45) is 0 Å². The number of carbonyl (C=O) groups is 1. The van der Waals surface area contributed by atoms with Crippen LogP contribution in [0.2, 0.25) is 0 Å². The number of amides is 1.